The second kappa shape index (κ2) is 2.77. The van der Waals surface area contributed by atoms with Gasteiger partial charge in [0, 0.05) is 11.8 Å². The van der Waals surface area contributed by atoms with E-state index in [9.17, 15) is 0 Å². The highest BCUT2D eigenvalue weighted by Crippen LogP contribution is 2.22. The fourth-order valence-corrected chi connectivity index (χ4v) is 0.868. The van der Waals surface area contributed by atoms with Crippen LogP contribution in [-0.2, 0) is 0 Å². The molecule has 3 nitrogen and oxygen atoms in total. The molecule has 0 aromatic carbocycles. The van der Waals surface area contributed by atoms with Gasteiger partial charge in [0.15, 0.2) is 0 Å². The molecule has 0 spiro atoms. The lowest BCUT2D eigenvalue weighted by Crippen LogP contribution is -1.95. The first kappa shape index (κ1) is 7.83. The van der Waals surface area contributed by atoms with Gasteiger partial charge in [0.05, 0.1) is 10.6 Å². The number of aromatic nitrogens is 1. The highest BCUT2D eigenvalue weighted by molar-refractivity contribution is 6.32. The van der Waals surface area contributed by atoms with Crippen molar-refractivity contribution in [2.75, 3.05) is 5.73 Å². The van der Waals surface area contributed by atoms with Gasteiger partial charge < -0.3 is 5.73 Å². The van der Waals surface area contributed by atoms with Gasteiger partial charge in [0.2, 0.25) is 0 Å². The summed E-state index contributed by atoms with van der Waals surface area (Å²) < 4.78 is 0. The first-order valence-electron chi connectivity index (χ1n) is 2.97. The normalized spacial score (nSPS) is 9.18. The number of nitrogen functional groups attached to an aromatic ring is 1. The van der Waals surface area contributed by atoms with Gasteiger partial charge in [0.25, 0.3) is 0 Å². The van der Waals surface area contributed by atoms with E-state index < -0.39 is 0 Å². The van der Waals surface area contributed by atoms with Crippen LogP contribution in [0.3, 0.4) is 0 Å². The minimum Gasteiger partial charge on any atom is -0.383 e. The van der Waals surface area contributed by atoms with E-state index >= 15 is 0 Å². The van der Waals surface area contributed by atoms with E-state index in [0.717, 1.165) is 0 Å². The van der Waals surface area contributed by atoms with Crippen molar-refractivity contribution in [2.45, 2.75) is 6.92 Å². The van der Waals surface area contributed by atoms with Crippen molar-refractivity contribution >= 4 is 17.4 Å². The van der Waals surface area contributed by atoms with Crippen molar-refractivity contribution in [1.82, 2.24) is 4.98 Å². The number of rotatable bonds is 0. The lowest BCUT2D eigenvalue weighted by molar-refractivity contribution is 1.26. The Labute approximate surface area is 69.4 Å². The Bertz CT molecular complexity index is 327. The number of anilines is 1. The molecule has 1 heterocycles. The average molecular weight is 168 g/mol. The molecule has 0 bridgehead atoms. The maximum atomic E-state index is 8.52. The smallest absolute Gasteiger partial charge is 0.127 e. The molecule has 56 valence electrons. The minimum atomic E-state index is 0.360. The van der Waals surface area contributed by atoms with E-state index in [0.29, 0.717) is 22.0 Å². The Hall–Kier alpha value is -1.27. The SMILES string of the molecule is Cc1c(N)ncc(C#N)c1Cl. The van der Waals surface area contributed by atoms with Crippen molar-refractivity contribution in [1.29, 1.82) is 5.26 Å². The minimum absolute atomic E-state index is 0.360. The first-order valence-corrected chi connectivity index (χ1v) is 3.35. The van der Waals surface area contributed by atoms with Crippen LogP contribution in [0.2, 0.25) is 5.02 Å². The van der Waals surface area contributed by atoms with Crippen LogP contribution >= 0.6 is 11.6 Å². The molecule has 0 saturated carbocycles. The lowest BCUT2D eigenvalue weighted by atomic mass is 10.2. The highest BCUT2D eigenvalue weighted by Gasteiger charge is 2.05. The molecule has 0 aliphatic heterocycles. The van der Waals surface area contributed by atoms with Crippen LogP contribution in [-0.4, -0.2) is 4.98 Å². The molecule has 1 aromatic heterocycles. The molecule has 11 heavy (non-hydrogen) atoms. The number of pyridine rings is 1. The Kier molecular flexibility index (Phi) is 1.97. The third kappa shape index (κ3) is 1.26. The van der Waals surface area contributed by atoms with E-state index in [-0.39, 0.29) is 0 Å². The average Bonchev–Trinajstić information content (AvgIpc) is 2.01. The molecule has 4 heteroatoms. The first-order chi connectivity index (χ1) is 5.16. The van der Waals surface area contributed by atoms with Gasteiger partial charge in [-0.25, -0.2) is 4.98 Å². The van der Waals surface area contributed by atoms with E-state index in [1.165, 1.54) is 6.20 Å². The fraction of sp³-hybridized carbons (Fsp3) is 0.143. The number of hydrogen-bond acceptors (Lipinski definition) is 3. The second-order valence-electron chi connectivity index (χ2n) is 2.11. The number of nitrogens with zero attached hydrogens (tertiary/aromatic N) is 2. The van der Waals surface area contributed by atoms with Crippen LogP contribution in [0, 0.1) is 18.3 Å². The van der Waals surface area contributed by atoms with Gasteiger partial charge in [-0.2, -0.15) is 5.26 Å². The Balaban J connectivity index is 3.40. The van der Waals surface area contributed by atoms with Crippen LogP contribution in [0.4, 0.5) is 5.82 Å². The topological polar surface area (TPSA) is 62.7 Å². The second-order valence-corrected chi connectivity index (χ2v) is 2.49. The Morgan fingerprint density at radius 1 is 1.73 bits per heavy atom. The summed E-state index contributed by atoms with van der Waals surface area (Å²) in [6.45, 7) is 1.73. The predicted octanol–water partition coefficient (Wildman–Crippen LogP) is 1.50. The molecule has 0 unspecified atom stereocenters. The van der Waals surface area contributed by atoms with Crippen LogP contribution in [0.1, 0.15) is 11.1 Å². The maximum Gasteiger partial charge on any atom is 0.127 e. The molecule has 0 aliphatic carbocycles. The largest absolute Gasteiger partial charge is 0.383 e. The summed E-state index contributed by atoms with van der Waals surface area (Å²) in [7, 11) is 0. The van der Waals surface area contributed by atoms with Gasteiger partial charge in [-0.1, -0.05) is 11.6 Å². The van der Waals surface area contributed by atoms with Gasteiger partial charge in [-0.3, -0.25) is 0 Å². The molecular formula is C7H6ClN3. The van der Waals surface area contributed by atoms with Crippen molar-refractivity contribution in [3.8, 4) is 6.07 Å². The van der Waals surface area contributed by atoms with E-state index in [4.69, 9.17) is 22.6 Å². The number of nitriles is 1. The standard InChI is InChI=1S/C7H6ClN3/c1-4-6(8)5(2-9)3-11-7(4)10/h3H,1H3,(H2,10,11). The number of nitrogens with two attached hydrogens (primary N) is 1. The summed E-state index contributed by atoms with van der Waals surface area (Å²) in [6.07, 6.45) is 1.37. The maximum absolute atomic E-state index is 8.52. The summed E-state index contributed by atoms with van der Waals surface area (Å²) in [5.74, 6) is 0.369. The zero-order valence-corrected chi connectivity index (χ0v) is 6.68. The Morgan fingerprint density at radius 2 is 2.36 bits per heavy atom. The summed E-state index contributed by atoms with van der Waals surface area (Å²) in [5, 5.41) is 8.91. The third-order valence-electron chi connectivity index (χ3n) is 1.40. The van der Waals surface area contributed by atoms with Gasteiger partial charge >= 0.3 is 0 Å². The lowest BCUT2D eigenvalue weighted by Gasteiger charge is -2.01. The van der Waals surface area contributed by atoms with Crippen LogP contribution < -0.4 is 5.73 Å². The third-order valence-corrected chi connectivity index (χ3v) is 1.89. The van der Waals surface area contributed by atoms with Crippen molar-refractivity contribution < 1.29 is 0 Å². The van der Waals surface area contributed by atoms with Gasteiger partial charge in [-0.15, -0.1) is 0 Å². The molecule has 0 saturated heterocycles. The zero-order valence-electron chi connectivity index (χ0n) is 5.93. The monoisotopic (exact) mass is 167 g/mol. The molecule has 2 N–H and O–H groups in total. The molecular weight excluding hydrogens is 162 g/mol. The zero-order chi connectivity index (χ0) is 8.43. The molecule has 0 atom stereocenters. The van der Waals surface area contributed by atoms with Gasteiger partial charge in [0.1, 0.15) is 11.9 Å². The number of halogens is 1. The number of hydrogen-bond donors (Lipinski definition) is 1. The van der Waals surface area contributed by atoms with Crippen LogP contribution in [0.25, 0.3) is 0 Å². The summed E-state index contributed by atoms with van der Waals surface area (Å²) in [4.78, 5) is 3.78. The van der Waals surface area contributed by atoms with Crippen molar-refractivity contribution in [3.63, 3.8) is 0 Å². The molecule has 1 aromatic rings. The molecule has 0 radical (unpaired) electrons. The van der Waals surface area contributed by atoms with Crippen LogP contribution in [0.5, 0.6) is 0 Å². The highest BCUT2D eigenvalue weighted by atomic mass is 35.5. The molecule has 0 aliphatic rings. The van der Waals surface area contributed by atoms with Crippen molar-refractivity contribution in [3.05, 3.63) is 22.3 Å². The van der Waals surface area contributed by atoms with E-state index in [1.54, 1.807) is 6.92 Å². The Morgan fingerprint density at radius 3 is 2.91 bits per heavy atom. The summed E-state index contributed by atoms with van der Waals surface area (Å²) >= 11 is 5.76. The van der Waals surface area contributed by atoms with E-state index in [1.807, 2.05) is 6.07 Å². The quantitative estimate of drug-likeness (QED) is 0.637. The summed E-state index contributed by atoms with van der Waals surface area (Å²) in [5.41, 5.74) is 6.46. The summed E-state index contributed by atoms with van der Waals surface area (Å²) in [6, 6.07) is 1.91. The van der Waals surface area contributed by atoms with Crippen LogP contribution in [0.15, 0.2) is 6.20 Å². The molecule has 0 fully saturated rings. The molecule has 0 amide bonds. The van der Waals surface area contributed by atoms with E-state index in [2.05, 4.69) is 4.98 Å². The molecule has 1 rings (SSSR count). The fourth-order valence-electron chi connectivity index (χ4n) is 0.680. The van der Waals surface area contributed by atoms with Crippen molar-refractivity contribution in [2.24, 2.45) is 0 Å². The predicted molar refractivity (Wildman–Crippen MR) is 43.1 cm³/mol. The van der Waals surface area contributed by atoms with Gasteiger partial charge in [-0.05, 0) is 6.92 Å².